The molecular formula is C23H30N4O3. The molecule has 7 nitrogen and oxygen atoms in total. The minimum atomic E-state index is -0.296. The molecule has 1 aliphatic heterocycles. The molecule has 2 N–H and O–H groups in total. The SMILES string of the molecule is COc1ccc(NC(=O)NCc2ccccc2CN(C)C)cc1N1CCCCC1=O. The number of piperidine rings is 1. The Labute approximate surface area is 178 Å². The fraction of sp³-hybridized carbons (Fsp3) is 0.391. The van der Waals surface area contributed by atoms with Crippen molar-refractivity contribution in [3.05, 3.63) is 53.6 Å². The van der Waals surface area contributed by atoms with E-state index in [1.807, 2.05) is 32.3 Å². The number of rotatable bonds is 7. The number of urea groups is 1. The zero-order chi connectivity index (χ0) is 21.5. The van der Waals surface area contributed by atoms with Gasteiger partial charge in [0.15, 0.2) is 0 Å². The van der Waals surface area contributed by atoms with Crippen LogP contribution < -0.4 is 20.3 Å². The molecule has 1 aliphatic rings. The summed E-state index contributed by atoms with van der Waals surface area (Å²) >= 11 is 0. The van der Waals surface area contributed by atoms with Crippen molar-refractivity contribution in [1.29, 1.82) is 0 Å². The van der Waals surface area contributed by atoms with Crippen molar-refractivity contribution in [2.24, 2.45) is 0 Å². The molecule has 160 valence electrons. The normalized spacial score (nSPS) is 14.0. The van der Waals surface area contributed by atoms with Gasteiger partial charge in [-0.25, -0.2) is 4.79 Å². The van der Waals surface area contributed by atoms with Crippen molar-refractivity contribution in [3.8, 4) is 5.75 Å². The summed E-state index contributed by atoms with van der Waals surface area (Å²) in [6, 6.07) is 13.1. The highest BCUT2D eigenvalue weighted by molar-refractivity contribution is 5.97. The lowest BCUT2D eigenvalue weighted by Crippen LogP contribution is -2.35. The minimum Gasteiger partial charge on any atom is -0.495 e. The van der Waals surface area contributed by atoms with Gasteiger partial charge in [0, 0.05) is 31.7 Å². The Bertz CT molecular complexity index is 898. The van der Waals surface area contributed by atoms with Gasteiger partial charge in [0.1, 0.15) is 5.75 Å². The number of nitrogens with zero attached hydrogens (tertiary/aromatic N) is 2. The molecule has 0 radical (unpaired) electrons. The van der Waals surface area contributed by atoms with Gasteiger partial charge >= 0.3 is 6.03 Å². The van der Waals surface area contributed by atoms with Crippen LogP contribution in [0.25, 0.3) is 0 Å². The summed E-state index contributed by atoms with van der Waals surface area (Å²) in [6.45, 7) is 1.90. The summed E-state index contributed by atoms with van der Waals surface area (Å²) in [5.74, 6) is 0.701. The number of nitrogens with one attached hydrogen (secondary N) is 2. The van der Waals surface area contributed by atoms with E-state index < -0.39 is 0 Å². The summed E-state index contributed by atoms with van der Waals surface area (Å²) in [7, 11) is 5.62. The predicted molar refractivity (Wildman–Crippen MR) is 119 cm³/mol. The van der Waals surface area contributed by atoms with Crippen LogP contribution in [-0.4, -0.2) is 44.6 Å². The summed E-state index contributed by atoms with van der Waals surface area (Å²) in [5, 5.41) is 5.78. The van der Waals surface area contributed by atoms with Crippen LogP contribution in [0.15, 0.2) is 42.5 Å². The van der Waals surface area contributed by atoms with Crippen molar-refractivity contribution < 1.29 is 14.3 Å². The van der Waals surface area contributed by atoms with Gasteiger partial charge < -0.3 is 25.2 Å². The maximum absolute atomic E-state index is 12.5. The van der Waals surface area contributed by atoms with Gasteiger partial charge in [-0.15, -0.1) is 0 Å². The molecule has 0 aromatic heterocycles. The van der Waals surface area contributed by atoms with Crippen LogP contribution in [-0.2, 0) is 17.9 Å². The number of ether oxygens (including phenoxy) is 1. The predicted octanol–water partition coefficient (Wildman–Crippen LogP) is 3.60. The first-order valence-electron chi connectivity index (χ1n) is 10.2. The Morgan fingerprint density at radius 2 is 1.90 bits per heavy atom. The largest absolute Gasteiger partial charge is 0.495 e. The van der Waals surface area contributed by atoms with Gasteiger partial charge in [-0.3, -0.25) is 4.79 Å². The Kier molecular flexibility index (Phi) is 7.30. The van der Waals surface area contributed by atoms with Gasteiger partial charge in [-0.2, -0.15) is 0 Å². The maximum atomic E-state index is 12.5. The molecule has 1 saturated heterocycles. The topological polar surface area (TPSA) is 73.9 Å². The number of hydrogen-bond donors (Lipinski definition) is 2. The second kappa shape index (κ2) is 10.1. The quantitative estimate of drug-likeness (QED) is 0.732. The van der Waals surface area contributed by atoms with Crippen LogP contribution in [0.2, 0.25) is 0 Å². The Morgan fingerprint density at radius 3 is 2.60 bits per heavy atom. The first kappa shape index (κ1) is 21.6. The highest BCUT2D eigenvalue weighted by atomic mass is 16.5. The van der Waals surface area contributed by atoms with Gasteiger partial charge in [-0.05, 0) is 56.3 Å². The highest BCUT2D eigenvalue weighted by Crippen LogP contribution is 2.33. The van der Waals surface area contributed by atoms with Crippen LogP contribution in [0.3, 0.4) is 0 Å². The molecule has 7 heteroatoms. The molecule has 0 aliphatic carbocycles. The highest BCUT2D eigenvalue weighted by Gasteiger charge is 2.23. The van der Waals surface area contributed by atoms with E-state index in [0.717, 1.165) is 24.9 Å². The average Bonchev–Trinajstić information content (AvgIpc) is 2.73. The van der Waals surface area contributed by atoms with Crippen molar-refractivity contribution in [2.45, 2.75) is 32.4 Å². The zero-order valence-electron chi connectivity index (χ0n) is 17.9. The molecule has 3 amide bonds. The summed E-state index contributed by atoms with van der Waals surface area (Å²) in [4.78, 5) is 28.6. The number of carbonyl (C=O) groups is 2. The Hall–Kier alpha value is -3.06. The molecule has 1 heterocycles. The van der Waals surface area contributed by atoms with E-state index >= 15 is 0 Å². The van der Waals surface area contributed by atoms with E-state index in [4.69, 9.17) is 4.74 Å². The fourth-order valence-corrected chi connectivity index (χ4v) is 3.61. The first-order valence-corrected chi connectivity index (χ1v) is 10.2. The lowest BCUT2D eigenvalue weighted by Gasteiger charge is -2.28. The van der Waals surface area contributed by atoms with Crippen molar-refractivity contribution in [2.75, 3.05) is 38.0 Å². The van der Waals surface area contributed by atoms with Crippen LogP contribution >= 0.6 is 0 Å². The number of anilines is 2. The van der Waals surface area contributed by atoms with Crippen LogP contribution in [0.4, 0.5) is 16.2 Å². The van der Waals surface area contributed by atoms with Gasteiger partial charge in [0.25, 0.3) is 0 Å². The fourth-order valence-electron chi connectivity index (χ4n) is 3.61. The van der Waals surface area contributed by atoms with Crippen LogP contribution in [0.5, 0.6) is 5.75 Å². The van der Waals surface area contributed by atoms with Crippen LogP contribution in [0.1, 0.15) is 30.4 Å². The molecule has 30 heavy (non-hydrogen) atoms. The van der Waals surface area contributed by atoms with Gasteiger partial charge in [0.2, 0.25) is 5.91 Å². The number of hydrogen-bond acceptors (Lipinski definition) is 4. The van der Waals surface area contributed by atoms with E-state index in [9.17, 15) is 9.59 Å². The lowest BCUT2D eigenvalue weighted by atomic mass is 10.1. The number of amides is 3. The Morgan fingerprint density at radius 1 is 1.13 bits per heavy atom. The zero-order valence-corrected chi connectivity index (χ0v) is 17.9. The summed E-state index contributed by atoms with van der Waals surface area (Å²) < 4.78 is 5.43. The molecule has 0 atom stereocenters. The molecular weight excluding hydrogens is 380 g/mol. The number of methoxy groups -OCH3 is 1. The molecule has 3 rings (SSSR count). The molecule has 0 unspecified atom stereocenters. The van der Waals surface area contributed by atoms with Crippen LogP contribution in [0, 0.1) is 0 Å². The minimum absolute atomic E-state index is 0.0821. The monoisotopic (exact) mass is 410 g/mol. The average molecular weight is 411 g/mol. The van der Waals surface area contributed by atoms with Crippen molar-refractivity contribution >= 4 is 23.3 Å². The van der Waals surface area contributed by atoms with E-state index in [-0.39, 0.29) is 11.9 Å². The molecule has 2 aromatic carbocycles. The number of carbonyl (C=O) groups excluding carboxylic acids is 2. The van der Waals surface area contributed by atoms with E-state index in [1.165, 1.54) is 5.56 Å². The third kappa shape index (κ3) is 5.51. The van der Waals surface area contributed by atoms with Crippen molar-refractivity contribution in [3.63, 3.8) is 0 Å². The summed E-state index contributed by atoms with van der Waals surface area (Å²) in [6.07, 6.45) is 2.40. The van der Waals surface area contributed by atoms with Gasteiger partial charge in [-0.1, -0.05) is 24.3 Å². The Balaban J connectivity index is 1.67. The molecule has 2 aromatic rings. The second-order valence-electron chi connectivity index (χ2n) is 7.70. The van der Waals surface area contributed by atoms with E-state index in [2.05, 4.69) is 21.6 Å². The molecule has 0 bridgehead atoms. The molecule has 0 spiro atoms. The maximum Gasteiger partial charge on any atom is 0.319 e. The molecule has 0 saturated carbocycles. The lowest BCUT2D eigenvalue weighted by molar-refractivity contribution is -0.119. The smallest absolute Gasteiger partial charge is 0.319 e. The van der Waals surface area contributed by atoms with Crippen molar-refractivity contribution in [1.82, 2.24) is 10.2 Å². The third-order valence-corrected chi connectivity index (χ3v) is 5.10. The van der Waals surface area contributed by atoms with E-state index in [0.29, 0.717) is 36.6 Å². The first-order chi connectivity index (χ1) is 14.5. The number of benzene rings is 2. The van der Waals surface area contributed by atoms with E-state index in [1.54, 1.807) is 30.2 Å². The molecule has 1 fully saturated rings. The standard InChI is InChI=1S/C23H30N4O3/c1-26(2)16-18-9-5-4-8-17(18)15-24-23(29)25-19-11-12-21(30-3)20(14-19)27-13-7-6-10-22(27)28/h4-5,8-9,11-12,14H,6-7,10,13,15-16H2,1-3H3,(H2,24,25,29). The second-order valence-corrected chi connectivity index (χ2v) is 7.70. The summed E-state index contributed by atoms with van der Waals surface area (Å²) in [5.41, 5.74) is 3.56. The van der Waals surface area contributed by atoms with Gasteiger partial charge in [0.05, 0.1) is 12.8 Å². The third-order valence-electron chi connectivity index (χ3n) is 5.10.